The second-order valence-corrected chi connectivity index (χ2v) is 7.09. The summed E-state index contributed by atoms with van der Waals surface area (Å²) in [5.41, 5.74) is 6.52. The fourth-order valence-corrected chi connectivity index (χ4v) is 3.18. The summed E-state index contributed by atoms with van der Waals surface area (Å²) in [7, 11) is 0. The van der Waals surface area contributed by atoms with Gasteiger partial charge in [-0.25, -0.2) is 13.6 Å². The molecule has 6 nitrogen and oxygen atoms in total. The number of hydrogen-bond donors (Lipinski definition) is 3. The molecule has 0 spiro atoms. The molecule has 0 radical (unpaired) electrons. The van der Waals surface area contributed by atoms with E-state index in [-0.39, 0.29) is 22.5 Å². The number of furan rings is 1. The van der Waals surface area contributed by atoms with Crippen LogP contribution < -0.4 is 16.4 Å². The van der Waals surface area contributed by atoms with Crippen molar-refractivity contribution in [3.05, 3.63) is 64.9 Å². The number of carbonyl (C=O) groups excluding carboxylic acids is 2. The molecule has 0 saturated heterocycles. The molecule has 0 unspecified atom stereocenters. The Kier molecular flexibility index (Phi) is 5.54. The summed E-state index contributed by atoms with van der Waals surface area (Å²) >= 11 is 0. The highest BCUT2D eigenvalue weighted by Gasteiger charge is 2.27. The quantitative estimate of drug-likeness (QED) is 0.581. The van der Waals surface area contributed by atoms with Crippen molar-refractivity contribution >= 4 is 28.6 Å². The molecule has 0 saturated carbocycles. The van der Waals surface area contributed by atoms with Crippen LogP contribution in [0.15, 0.2) is 40.8 Å². The number of halogens is 2. The highest BCUT2D eigenvalue weighted by molar-refractivity contribution is 5.96. The number of nitrogens with two attached hydrogens (primary N) is 1. The fourth-order valence-electron chi connectivity index (χ4n) is 3.18. The lowest BCUT2D eigenvalue weighted by atomic mass is 9.98. The van der Waals surface area contributed by atoms with Crippen LogP contribution in [0.4, 0.5) is 19.3 Å². The van der Waals surface area contributed by atoms with E-state index < -0.39 is 29.6 Å². The van der Waals surface area contributed by atoms with E-state index in [2.05, 4.69) is 10.6 Å². The van der Waals surface area contributed by atoms with Crippen LogP contribution in [0.5, 0.6) is 0 Å². The minimum atomic E-state index is -0.981. The van der Waals surface area contributed by atoms with Gasteiger partial charge in [0.25, 0.3) is 0 Å². The lowest BCUT2D eigenvalue weighted by molar-refractivity contribution is 0.1000. The summed E-state index contributed by atoms with van der Waals surface area (Å²) in [6.45, 7) is 5.35. The van der Waals surface area contributed by atoms with Crippen molar-refractivity contribution in [3.63, 3.8) is 0 Å². The molecule has 29 heavy (non-hydrogen) atoms. The average molecular weight is 401 g/mol. The second kappa shape index (κ2) is 7.90. The number of urea groups is 1. The molecule has 0 aliphatic rings. The third-order valence-corrected chi connectivity index (χ3v) is 4.66. The van der Waals surface area contributed by atoms with Crippen molar-refractivity contribution in [2.24, 2.45) is 11.7 Å². The van der Waals surface area contributed by atoms with Crippen LogP contribution in [-0.2, 0) is 0 Å². The number of nitrogens with one attached hydrogen (secondary N) is 2. The molecule has 8 heteroatoms. The van der Waals surface area contributed by atoms with Gasteiger partial charge < -0.3 is 20.8 Å². The molecule has 1 heterocycles. The molecule has 0 bridgehead atoms. The molecular formula is C21H21F2N3O3. The molecular weight excluding hydrogens is 380 g/mol. The van der Waals surface area contributed by atoms with Crippen LogP contribution in [-0.4, -0.2) is 11.9 Å². The Morgan fingerprint density at radius 3 is 2.52 bits per heavy atom. The van der Waals surface area contributed by atoms with Gasteiger partial charge in [-0.15, -0.1) is 0 Å². The monoisotopic (exact) mass is 401 g/mol. The summed E-state index contributed by atoms with van der Waals surface area (Å²) in [5, 5.41) is 5.48. The predicted molar refractivity (Wildman–Crippen MR) is 106 cm³/mol. The van der Waals surface area contributed by atoms with Gasteiger partial charge in [0.2, 0.25) is 5.91 Å². The van der Waals surface area contributed by atoms with Gasteiger partial charge in [0.1, 0.15) is 11.3 Å². The Bertz CT molecular complexity index is 1090. The summed E-state index contributed by atoms with van der Waals surface area (Å²) in [5.74, 6) is -2.31. The first-order valence-corrected chi connectivity index (χ1v) is 9.03. The third-order valence-electron chi connectivity index (χ3n) is 4.66. The molecule has 0 aliphatic carbocycles. The molecule has 1 aromatic heterocycles. The van der Waals surface area contributed by atoms with E-state index in [0.29, 0.717) is 17.0 Å². The SMILES string of the molecule is Cc1c([C@H](NC(=O)Nc2cccc(C(N)=O)c2)C(C)C)oc2ccc(F)c(F)c12. The van der Waals surface area contributed by atoms with Gasteiger partial charge in [0.15, 0.2) is 11.6 Å². The Morgan fingerprint density at radius 1 is 1.14 bits per heavy atom. The molecule has 3 aromatic rings. The van der Waals surface area contributed by atoms with Gasteiger partial charge >= 0.3 is 6.03 Å². The number of fused-ring (bicyclic) bond motifs is 1. The zero-order chi connectivity index (χ0) is 21.3. The van der Waals surface area contributed by atoms with Gasteiger partial charge in [0, 0.05) is 16.8 Å². The Hall–Kier alpha value is -3.42. The van der Waals surface area contributed by atoms with E-state index in [0.717, 1.165) is 6.07 Å². The molecule has 152 valence electrons. The maximum atomic E-state index is 14.2. The summed E-state index contributed by atoms with van der Waals surface area (Å²) in [4.78, 5) is 23.8. The van der Waals surface area contributed by atoms with E-state index in [1.54, 1.807) is 19.1 Å². The van der Waals surface area contributed by atoms with Gasteiger partial charge in [-0.3, -0.25) is 4.79 Å². The number of anilines is 1. The number of rotatable bonds is 5. The second-order valence-electron chi connectivity index (χ2n) is 7.09. The van der Waals surface area contributed by atoms with Crippen LogP contribution in [0, 0.1) is 24.5 Å². The number of hydrogen-bond acceptors (Lipinski definition) is 3. The molecule has 3 amide bonds. The smallest absolute Gasteiger partial charge is 0.319 e. The van der Waals surface area contributed by atoms with E-state index >= 15 is 0 Å². The maximum absolute atomic E-state index is 14.2. The zero-order valence-corrected chi connectivity index (χ0v) is 16.2. The van der Waals surface area contributed by atoms with Crippen LogP contribution >= 0.6 is 0 Å². The molecule has 3 rings (SSSR count). The molecule has 4 N–H and O–H groups in total. The van der Waals surface area contributed by atoms with Gasteiger partial charge in [-0.05, 0) is 43.2 Å². The Labute approximate surface area is 166 Å². The van der Waals surface area contributed by atoms with E-state index in [1.807, 2.05) is 13.8 Å². The fraction of sp³-hybridized carbons (Fsp3) is 0.238. The van der Waals surface area contributed by atoms with E-state index in [1.165, 1.54) is 18.2 Å². The highest BCUT2D eigenvalue weighted by atomic mass is 19.2. The number of amides is 3. The largest absolute Gasteiger partial charge is 0.458 e. The third kappa shape index (κ3) is 4.06. The van der Waals surface area contributed by atoms with Crippen molar-refractivity contribution < 1.29 is 22.8 Å². The van der Waals surface area contributed by atoms with Gasteiger partial charge in [0.05, 0.1) is 11.4 Å². The van der Waals surface area contributed by atoms with Gasteiger partial charge in [-0.2, -0.15) is 0 Å². The van der Waals surface area contributed by atoms with E-state index in [9.17, 15) is 18.4 Å². The number of primary amides is 1. The van der Waals surface area contributed by atoms with Crippen molar-refractivity contribution in [2.45, 2.75) is 26.8 Å². The standard InChI is InChI=1S/C21H21F2N3O3/c1-10(2)18(19-11(3)16-15(29-19)8-7-14(22)17(16)23)26-21(28)25-13-6-4-5-12(9-13)20(24)27/h4-10,18H,1-3H3,(H2,24,27)(H2,25,26,28)/t18-/m1/s1. The number of aryl methyl sites for hydroxylation is 1. The Balaban J connectivity index is 1.88. The maximum Gasteiger partial charge on any atom is 0.319 e. The van der Waals surface area contributed by atoms with Gasteiger partial charge in [-0.1, -0.05) is 19.9 Å². The topological polar surface area (TPSA) is 97.4 Å². The Morgan fingerprint density at radius 2 is 1.86 bits per heavy atom. The van der Waals surface area contributed by atoms with Crippen LogP contribution in [0.3, 0.4) is 0 Å². The number of carbonyl (C=O) groups is 2. The normalized spacial score (nSPS) is 12.2. The minimum absolute atomic E-state index is 0.0574. The molecule has 0 fully saturated rings. The summed E-state index contributed by atoms with van der Waals surface area (Å²) < 4.78 is 33.6. The van der Waals surface area contributed by atoms with Crippen molar-refractivity contribution in [1.82, 2.24) is 5.32 Å². The summed E-state index contributed by atoms with van der Waals surface area (Å²) in [6, 6.07) is 7.42. The first-order valence-electron chi connectivity index (χ1n) is 9.03. The first kappa shape index (κ1) is 20.3. The van der Waals surface area contributed by atoms with Crippen molar-refractivity contribution in [3.8, 4) is 0 Å². The number of benzene rings is 2. The lowest BCUT2D eigenvalue weighted by Gasteiger charge is -2.21. The highest BCUT2D eigenvalue weighted by Crippen LogP contribution is 2.35. The zero-order valence-electron chi connectivity index (χ0n) is 16.2. The molecule has 2 aromatic carbocycles. The van der Waals surface area contributed by atoms with Crippen molar-refractivity contribution in [2.75, 3.05) is 5.32 Å². The average Bonchev–Trinajstić information content (AvgIpc) is 2.99. The molecule has 0 aliphatic heterocycles. The van der Waals surface area contributed by atoms with E-state index in [4.69, 9.17) is 10.2 Å². The predicted octanol–water partition coefficient (Wildman–Crippen LogP) is 4.64. The van der Waals surface area contributed by atoms with Crippen molar-refractivity contribution in [1.29, 1.82) is 0 Å². The molecule has 1 atom stereocenters. The van der Waals surface area contributed by atoms with Crippen LogP contribution in [0.2, 0.25) is 0 Å². The summed E-state index contributed by atoms with van der Waals surface area (Å²) in [6.07, 6.45) is 0. The first-order chi connectivity index (χ1) is 13.7. The lowest BCUT2D eigenvalue weighted by Crippen LogP contribution is -2.35. The minimum Gasteiger partial charge on any atom is -0.458 e. The van der Waals surface area contributed by atoms with Crippen LogP contribution in [0.1, 0.15) is 41.6 Å². The van der Waals surface area contributed by atoms with Crippen LogP contribution in [0.25, 0.3) is 11.0 Å².